The third-order valence-corrected chi connectivity index (χ3v) is 11.5. The van der Waals surface area contributed by atoms with Gasteiger partial charge in [-0.15, -0.1) is 11.3 Å². The van der Waals surface area contributed by atoms with Crippen molar-refractivity contribution < 1.29 is 22.3 Å². The molecule has 4 fully saturated rings. The highest BCUT2D eigenvalue weighted by Crippen LogP contribution is 2.47. The van der Waals surface area contributed by atoms with Crippen LogP contribution in [-0.2, 0) is 0 Å². The normalized spacial score (nSPS) is 27.4. The van der Waals surface area contributed by atoms with E-state index in [1.165, 1.54) is 12.1 Å². The predicted molar refractivity (Wildman–Crippen MR) is 175 cm³/mol. The molecule has 2 bridgehead atoms. The highest BCUT2D eigenvalue weighted by atomic mass is 35.5. The van der Waals surface area contributed by atoms with Gasteiger partial charge in [-0.05, 0) is 49.8 Å². The number of alkyl halides is 2. The second-order valence-corrected chi connectivity index (χ2v) is 14.9. The number of nitriles is 1. The lowest BCUT2D eigenvalue weighted by Crippen LogP contribution is -2.51. The van der Waals surface area contributed by atoms with Gasteiger partial charge in [-0.25, -0.2) is 17.6 Å². The first kappa shape index (κ1) is 30.9. The Bertz CT molecular complexity index is 1930. The molecule has 2 aromatic heterocycles. The van der Waals surface area contributed by atoms with Gasteiger partial charge in [0.05, 0.1) is 21.9 Å². The second-order valence-electron chi connectivity index (χ2n) is 13.5. The Morgan fingerprint density at radius 3 is 2.55 bits per heavy atom. The van der Waals surface area contributed by atoms with Crippen LogP contribution in [0.5, 0.6) is 6.01 Å². The van der Waals surface area contributed by atoms with E-state index in [0.717, 1.165) is 24.2 Å². The van der Waals surface area contributed by atoms with E-state index in [2.05, 4.69) is 15.2 Å². The second kappa shape index (κ2) is 11.6. The average Bonchev–Trinajstić information content (AvgIpc) is 3.71. The molecule has 246 valence electrons. The maximum atomic E-state index is 16.9. The van der Waals surface area contributed by atoms with E-state index in [9.17, 15) is 18.4 Å². The number of halogens is 5. The molecule has 5 heterocycles. The first-order valence-electron chi connectivity index (χ1n) is 15.9. The third kappa shape index (κ3) is 5.33. The molecule has 3 aliphatic heterocycles. The van der Waals surface area contributed by atoms with Crippen molar-refractivity contribution in [3.8, 4) is 23.2 Å². The number of nitrogens with one attached hydrogen (secondary N) is 1. The van der Waals surface area contributed by atoms with Crippen molar-refractivity contribution in [2.45, 2.75) is 56.5 Å². The topological polar surface area (TPSA) is 103 Å². The Kier molecular flexibility index (Phi) is 7.63. The molecule has 0 radical (unpaired) electrons. The molecule has 3 N–H and O–H groups in total. The molecule has 3 atom stereocenters. The molecule has 8 rings (SSSR count). The minimum atomic E-state index is -0.967. The van der Waals surface area contributed by atoms with Crippen molar-refractivity contribution in [3.05, 3.63) is 40.4 Å². The molecular weight excluding hydrogens is 654 g/mol. The van der Waals surface area contributed by atoms with Gasteiger partial charge < -0.3 is 20.7 Å². The number of nitrogen functional groups attached to an aromatic ring is 1. The van der Waals surface area contributed by atoms with Gasteiger partial charge in [0.1, 0.15) is 40.6 Å². The summed E-state index contributed by atoms with van der Waals surface area (Å²) in [6.07, 6.45) is 1.19. The number of nitrogens with two attached hydrogens (primary N) is 1. The Morgan fingerprint density at radius 1 is 1.11 bits per heavy atom. The number of thiophene rings is 1. The van der Waals surface area contributed by atoms with Crippen LogP contribution in [0, 0.1) is 28.4 Å². The molecule has 2 aromatic carbocycles. The zero-order valence-corrected chi connectivity index (χ0v) is 26.9. The van der Waals surface area contributed by atoms with Gasteiger partial charge in [0, 0.05) is 66.6 Å². The first-order valence-corrected chi connectivity index (χ1v) is 17.1. The summed E-state index contributed by atoms with van der Waals surface area (Å²) in [4.78, 5) is 13.4. The van der Waals surface area contributed by atoms with E-state index in [1.54, 1.807) is 6.07 Å². The van der Waals surface area contributed by atoms with Crippen LogP contribution < -0.4 is 20.7 Å². The molecule has 0 amide bonds. The maximum absolute atomic E-state index is 16.9. The van der Waals surface area contributed by atoms with Crippen LogP contribution in [0.25, 0.3) is 32.1 Å². The number of piperazine rings is 1. The Hall–Kier alpha value is -3.44. The predicted octanol–water partition coefficient (Wildman–Crippen LogP) is 6.38. The number of hydrogen-bond acceptors (Lipinski definition) is 9. The number of benzene rings is 2. The van der Waals surface area contributed by atoms with Crippen LogP contribution in [0.15, 0.2) is 18.2 Å². The summed E-state index contributed by atoms with van der Waals surface area (Å²) in [6, 6.07) is 6.67. The van der Waals surface area contributed by atoms with Crippen molar-refractivity contribution in [2.24, 2.45) is 5.41 Å². The molecule has 1 aliphatic carbocycles. The summed E-state index contributed by atoms with van der Waals surface area (Å²) >= 11 is 7.75. The SMILES string of the molecule is N#Cc1c(N)sc2c(F)ccc(-c3c(Cl)cc4c(N5CC6CCC(C5)N6)nc(OC[C@]5(CN6CC[C@@H](F)C6)C[C@@H](F)C5)nc4c3F)c12. The zero-order chi connectivity index (χ0) is 32.6. The molecule has 3 saturated heterocycles. The molecule has 2 unspecified atom stereocenters. The standard InChI is InChI=1S/C33H32ClF4N7OS/c34-23-7-21-28(27(38)26(23)20-3-4-24(37)29-25(20)22(10-39)30(40)47-29)42-32(43-31(21)45-12-18-1-2-19(13-45)41-18)46-15-33(8-17(36)9-33)14-44-6-5-16(35)11-44/h3-4,7,16-19,41H,1-2,5-6,8-9,11-15,40H2/t16-,17-,18?,19?,33-/m1/s1. The monoisotopic (exact) mass is 685 g/mol. The maximum Gasteiger partial charge on any atom is 0.319 e. The molecule has 47 heavy (non-hydrogen) atoms. The molecule has 4 aliphatic rings. The summed E-state index contributed by atoms with van der Waals surface area (Å²) < 4.78 is 66.3. The van der Waals surface area contributed by atoms with Crippen LogP contribution in [0.3, 0.4) is 0 Å². The average molecular weight is 686 g/mol. The number of ether oxygens (including phenoxy) is 1. The Morgan fingerprint density at radius 2 is 1.87 bits per heavy atom. The molecule has 14 heteroatoms. The van der Waals surface area contributed by atoms with Crippen LogP contribution in [0.1, 0.15) is 37.7 Å². The quantitative estimate of drug-likeness (QED) is 0.216. The third-order valence-electron chi connectivity index (χ3n) is 10.1. The zero-order valence-electron chi connectivity index (χ0n) is 25.3. The fourth-order valence-electron chi connectivity index (χ4n) is 7.98. The van der Waals surface area contributed by atoms with E-state index < -0.39 is 29.4 Å². The lowest BCUT2D eigenvalue weighted by atomic mass is 9.67. The number of anilines is 2. The van der Waals surface area contributed by atoms with Gasteiger partial charge in [-0.2, -0.15) is 15.2 Å². The minimum Gasteiger partial charge on any atom is -0.463 e. The van der Waals surface area contributed by atoms with Crippen molar-refractivity contribution >= 4 is 54.7 Å². The van der Waals surface area contributed by atoms with E-state index in [1.807, 2.05) is 11.0 Å². The Labute approximate surface area is 277 Å². The van der Waals surface area contributed by atoms with Crippen LogP contribution >= 0.6 is 22.9 Å². The number of aromatic nitrogens is 2. The first-order chi connectivity index (χ1) is 22.6. The lowest BCUT2D eigenvalue weighted by molar-refractivity contribution is -0.0376. The summed E-state index contributed by atoms with van der Waals surface area (Å²) in [7, 11) is 0. The van der Waals surface area contributed by atoms with Gasteiger partial charge in [-0.3, -0.25) is 4.90 Å². The molecule has 8 nitrogen and oxygen atoms in total. The minimum absolute atomic E-state index is 0.0414. The summed E-state index contributed by atoms with van der Waals surface area (Å²) in [5, 5.41) is 14.2. The largest absolute Gasteiger partial charge is 0.463 e. The fraction of sp³-hybridized carbons (Fsp3) is 0.485. The van der Waals surface area contributed by atoms with Crippen molar-refractivity contribution in [2.75, 3.05) is 50.0 Å². The van der Waals surface area contributed by atoms with Gasteiger partial charge in [0.15, 0.2) is 5.82 Å². The van der Waals surface area contributed by atoms with Crippen molar-refractivity contribution in [1.29, 1.82) is 5.26 Å². The molecule has 0 spiro atoms. The number of hydrogen-bond donors (Lipinski definition) is 2. The fourth-order valence-corrected chi connectivity index (χ4v) is 9.23. The number of likely N-dealkylation sites (tertiary alicyclic amines) is 1. The van der Waals surface area contributed by atoms with Crippen LogP contribution in [0.2, 0.25) is 5.02 Å². The van der Waals surface area contributed by atoms with E-state index in [-0.39, 0.29) is 79.9 Å². The van der Waals surface area contributed by atoms with Gasteiger partial charge >= 0.3 is 6.01 Å². The van der Waals surface area contributed by atoms with Gasteiger partial charge in [0.2, 0.25) is 0 Å². The van der Waals surface area contributed by atoms with E-state index in [0.29, 0.717) is 50.3 Å². The summed E-state index contributed by atoms with van der Waals surface area (Å²) in [6.45, 7) is 2.81. The van der Waals surface area contributed by atoms with E-state index >= 15 is 4.39 Å². The van der Waals surface area contributed by atoms with Crippen molar-refractivity contribution in [3.63, 3.8) is 0 Å². The lowest BCUT2D eigenvalue weighted by Gasteiger charge is -2.45. The molecule has 4 aromatic rings. The van der Waals surface area contributed by atoms with Gasteiger partial charge in [-0.1, -0.05) is 17.7 Å². The summed E-state index contributed by atoms with van der Waals surface area (Å²) in [5.74, 6) is -0.874. The van der Waals surface area contributed by atoms with Crippen LogP contribution in [-0.4, -0.2) is 78.6 Å². The van der Waals surface area contributed by atoms with Crippen LogP contribution in [0.4, 0.5) is 28.4 Å². The van der Waals surface area contributed by atoms with Crippen molar-refractivity contribution in [1.82, 2.24) is 20.2 Å². The summed E-state index contributed by atoms with van der Waals surface area (Å²) in [5.41, 5.74) is 5.71. The molecule has 1 saturated carbocycles. The Balaban J connectivity index is 1.23. The highest BCUT2D eigenvalue weighted by molar-refractivity contribution is 7.23. The van der Waals surface area contributed by atoms with Gasteiger partial charge in [0.25, 0.3) is 0 Å². The van der Waals surface area contributed by atoms with E-state index in [4.69, 9.17) is 27.1 Å². The smallest absolute Gasteiger partial charge is 0.319 e. The number of nitrogens with zero attached hydrogens (tertiary/aromatic N) is 5. The molecular formula is C33H32ClF4N7OS. The number of fused-ring (bicyclic) bond motifs is 4. The highest BCUT2D eigenvalue weighted by Gasteiger charge is 2.47. The number of rotatable bonds is 7.